The summed E-state index contributed by atoms with van der Waals surface area (Å²) in [7, 11) is 0. The first-order valence-electron chi connectivity index (χ1n) is 7.25. The Morgan fingerprint density at radius 2 is 2.08 bits per heavy atom. The Morgan fingerprint density at radius 1 is 1.29 bits per heavy atom. The maximum atomic E-state index is 13.3. The molecule has 3 aromatic rings. The number of rotatable bonds is 4. The molecule has 0 aliphatic rings. The van der Waals surface area contributed by atoms with Crippen LogP contribution >= 0.6 is 11.6 Å². The van der Waals surface area contributed by atoms with Gasteiger partial charge in [-0.1, -0.05) is 35.0 Å². The summed E-state index contributed by atoms with van der Waals surface area (Å²) < 4.78 is 14.7. The number of hydrogen-bond donors (Lipinski definition) is 1. The Labute approximate surface area is 143 Å². The zero-order valence-corrected chi connectivity index (χ0v) is 13.6. The van der Waals surface area contributed by atoms with E-state index < -0.39 is 0 Å². The third-order valence-corrected chi connectivity index (χ3v) is 3.90. The van der Waals surface area contributed by atoms with E-state index in [1.54, 1.807) is 25.1 Å². The zero-order chi connectivity index (χ0) is 17.1. The molecule has 0 bridgehead atoms. The van der Waals surface area contributed by atoms with Crippen molar-refractivity contribution in [2.75, 3.05) is 0 Å². The summed E-state index contributed by atoms with van der Waals surface area (Å²) in [6.45, 7) is 1.95. The highest BCUT2D eigenvalue weighted by Gasteiger charge is 2.12. The summed E-state index contributed by atoms with van der Waals surface area (Å²) in [5.41, 5.74) is 2.11. The van der Waals surface area contributed by atoms with E-state index in [1.165, 1.54) is 16.9 Å². The number of nitrogens with zero attached hydrogens (tertiary/aromatic N) is 3. The summed E-state index contributed by atoms with van der Waals surface area (Å²) in [6, 6.07) is 11.8. The van der Waals surface area contributed by atoms with Crippen molar-refractivity contribution in [3.63, 3.8) is 0 Å². The van der Waals surface area contributed by atoms with Crippen LogP contribution in [-0.2, 0) is 6.54 Å². The Bertz CT molecular complexity index is 894. The van der Waals surface area contributed by atoms with Crippen LogP contribution in [-0.4, -0.2) is 20.9 Å². The molecule has 7 heteroatoms. The van der Waals surface area contributed by atoms with Gasteiger partial charge in [-0.15, -0.1) is 5.10 Å². The van der Waals surface area contributed by atoms with Crippen molar-refractivity contribution >= 4 is 17.5 Å². The smallest absolute Gasteiger partial charge is 0.273 e. The lowest BCUT2D eigenvalue weighted by atomic mass is 10.2. The molecule has 0 aliphatic carbocycles. The van der Waals surface area contributed by atoms with E-state index in [2.05, 4.69) is 15.6 Å². The first-order valence-corrected chi connectivity index (χ1v) is 7.63. The third-order valence-electron chi connectivity index (χ3n) is 3.53. The van der Waals surface area contributed by atoms with Crippen molar-refractivity contribution in [3.05, 3.63) is 76.3 Å². The molecule has 122 valence electrons. The average Bonchev–Trinajstić information content (AvgIpc) is 3.06. The average molecular weight is 345 g/mol. The molecular formula is C17H14ClFN4O. The third kappa shape index (κ3) is 3.44. The van der Waals surface area contributed by atoms with E-state index in [1.807, 2.05) is 18.2 Å². The number of amides is 1. The van der Waals surface area contributed by atoms with Gasteiger partial charge in [0, 0.05) is 11.6 Å². The normalized spacial score (nSPS) is 10.6. The lowest BCUT2D eigenvalue weighted by Crippen LogP contribution is -2.23. The second kappa shape index (κ2) is 6.80. The van der Waals surface area contributed by atoms with Gasteiger partial charge < -0.3 is 5.32 Å². The zero-order valence-electron chi connectivity index (χ0n) is 12.8. The lowest BCUT2D eigenvalue weighted by Gasteiger charge is -2.05. The van der Waals surface area contributed by atoms with Crippen LogP contribution in [0.25, 0.3) is 5.69 Å². The fourth-order valence-corrected chi connectivity index (χ4v) is 2.38. The predicted molar refractivity (Wildman–Crippen MR) is 88.7 cm³/mol. The Balaban J connectivity index is 1.72. The number of benzene rings is 2. The molecule has 0 aliphatic heterocycles. The Kier molecular flexibility index (Phi) is 4.57. The number of halogens is 2. The van der Waals surface area contributed by atoms with Crippen LogP contribution in [0.3, 0.4) is 0 Å². The van der Waals surface area contributed by atoms with Crippen LogP contribution < -0.4 is 5.32 Å². The number of hydrogen-bond acceptors (Lipinski definition) is 3. The van der Waals surface area contributed by atoms with Crippen molar-refractivity contribution in [1.82, 2.24) is 20.3 Å². The van der Waals surface area contributed by atoms with Crippen molar-refractivity contribution < 1.29 is 9.18 Å². The van der Waals surface area contributed by atoms with Crippen LogP contribution in [0, 0.1) is 12.7 Å². The molecule has 0 saturated carbocycles. The molecule has 1 heterocycles. The molecule has 0 saturated heterocycles. The fraction of sp³-hybridized carbons (Fsp3) is 0.118. The number of carbonyl (C=O) groups excluding carboxylic acids is 1. The van der Waals surface area contributed by atoms with Gasteiger partial charge in [0.15, 0.2) is 5.69 Å². The predicted octanol–water partition coefficient (Wildman–Crippen LogP) is 3.30. The summed E-state index contributed by atoms with van der Waals surface area (Å²) in [6.07, 6.45) is 1.49. The molecule has 3 rings (SSSR count). The van der Waals surface area contributed by atoms with Crippen LogP contribution in [0.2, 0.25) is 5.02 Å². The largest absolute Gasteiger partial charge is 0.346 e. The second-order valence-electron chi connectivity index (χ2n) is 5.26. The van der Waals surface area contributed by atoms with E-state index in [0.717, 1.165) is 5.56 Å². The van der Waals surface area contributed by atoms with Gasteiger partial charge in [0.1, 0.15) is 5.82 Å². The van der Waals surface area contributed by atoms with Crippen molar-refractivity contribution in [1.29, 1.82) is 0 Å². The van der Waals surface area contributed by atoms with E-state index >= 15 is 0 Å². The summed E-state index contributed by atoms with van der Waals surface area (Å²) in [4.78, 5) is 12.2. The van der Waals surface area contributed by atoms with Crippen molar-refractivity contribution in [2.45, 2.75) is 13.5 Å². The SMILES string of the molecule is Cc1cc(-n2cc(C(=O)NCc3ccccc3Cl)nn2)ccc1F. The number of carbonyl (C=O) groups is 1. The number of aromatic nitrogens is 3. The topological polar surface area (TPSA) is 59.8 Å². The molecule has 0 atom stereocenters. The van der Waals surface area contributed by atoms with E-state index in [-0.39, 0.29) is 17.4 Å². The molecular weight excluding hydrogens is 331 g/mol. The van der Waals surface area contributed by atoms with Crippen LogP contribution in [0.15, 0.2) is 48.7 Å². The van der Waals surface area contributed by atoms with E-state index in [4.69, 9.17) is 11.6 Å². The van der Waals surface area contributed by atoms with Crippen molar-refractivity contribution in [2.24, 2.45) is 0 Å². The van der Waals surface area contributed by atoms with Gasteiger partial charge in [-0.2, -0.15) is 0 Å². The highest BCUT2D eigenvalue weighted by molar-refractivity contribution is 6.31. The van der Waals surface area contributed by atoms with E-state index in [9.17, 15) is 9.18 Å². The molecule has 0 fully saturated rings. The monoisotopic (exact) mass is 344 g/mol. The van der Waals surface area contributed by atoms with Gasteiger partial charge in [0.2, 0.25) is 0 Å². The minimum Gasteiger partial charge on any atom is -0.346 e. The molecule has 2 aromatic carbocycles. The van der Waals surface area contributed by atoms with Gasteiger partial charge in [0.05, 0.1) is 11.9 Å². The van der Waals surface area contributed by atoms with Gasteiger partial charge in [-0.25, -0.2) is 9.07 Å². The summed E-state index contributed by atoms with van der Waals surface area (Å²) in [5.74, 6) is -0.656. The Morgan fingerprint density at radius 3 is 2.83 bits per heavy atom. The minimum absolute atomic E-state index is 0.170. The van der Waals surface area contributed by atoms with Gasteiger partial charge >= 0.3 is 0 Å². The number of aryl methyl sites for hydroxylation is 1. The van der Waals surface area contributed by atoms with Crippen LogP contribution in [0.1, 0.15) is 21.6 Å². The molecule has 1 amide bonds. The molecule has 1 aromatic heterocycles. The second-order valence-corrected chi connectivity index (χ2v) is 5.66. The quantitative estimate of drug-likeness (QED) is 0.790. The van der Waals surface area contributed by atoms with Gasteiger partial charge in [-0.3, -0.25) is 4.79 Å². The minimum atomic E-state index is -0.361. The summed E-state index contributed by atoms with van der Waals surface area (Å²) in [5, 5.41) is 11.1. The first kappa shape index (κ1) is 16.1. The molecule has 5 nitrogen and oxygen atoms in total. The van der Waals surface area contributed by atoms with E-state index in [0.29, 0.717) is 22.8 Å². The molecule has 24 heavy (non-hydrogen) atoms. The van der Waals surface area contributed by atoms with Crippen LogP contribution in [0.5, 0.6) is 0 Å². The van der Waals surface area contributed by atoms with Crippen LogP contribution in [0.4, 0.5) is 4.39 Å². The first-order chi connectivity index (χ1) is 11.5. The number of nitrogens with one attached hydrogen (secondary N) is 1. The maximum absolute atomic E-state index is 13.3. The standard InChI is InChI=1S/C17H14ClFN4O/c1-11-8-13(6-7-15(11)19)23-10-16(21-22-23)17(24)20-9-12-4-2-3-5-14(12)18/h2-8,10H,9H2,1H3,(H,20,24). The molecule has 1 N–H and O–H groups in total. The fourth-order valence-electron chi connectivity index (χ4n) is 2.17. The Hall–Kier alpha value is -2.73. The van der Waals surface area contributed by atoms with Gasteiger partial charge in [-0.05, 0) is 42.3 Å². The highest BCUT2D eigenvalue weighted by Crippen LogP contribution is 2.15. The van der Waals surface area contributed by atoms with Gasteiger partial charge in [0.25, 0.3) is 5.91 Å². The molecule has 0 unspecified atom stereocenters. The molecule has 0 spiro atoms. The summed E-state index contributed by atoms with van der Waals surface area (Å²) >= 11 is 6.05. The highest BCUT2D eigenvalue weighted by atomic mass is 35.5. The lowest BCUT2D eigenvalue weighted by molar-refractivity contribution is 0.0946. The maximum Gasteiger partial charge on any atom is 0.273 e. The molecule has 0 radical (unpaired) electrons. The van der Waals surface area contributed by atoms with Crippen molar-refractivity contribution in [3.8, 4) is 5.69 Å².